The predicted molar refractivity (Wildman–Crippen MR) is 150 cm³/mol. The fourth-order valence-electron chi connectivity index (χ4n) is 4.07. The second-order valence-corrected chi connectivity index (χ2v) is 8.32. The first kappa shape index (κ1) is 22.2. The predicted octanol–water partition coefficient (Wildman–Crippen LogP) is 9.08. The Morgan fingerprint density at radius 3 is 1.31 bits per heavy atom. The first-order chi connectivity index (χ1) is 17.4. The zero-order chi connectivity index (χ0) is 23.7. The van der Waals surface area contributed by atoms with E-state index < -0.39 is 0 Å². The van der Waals surface area contributed by atoms with Crippen molar-refractivity contribution in [1.82, 2.24) is 0 Å². The number of para-hydroxylation sites is 1. The molecule has 1 heteroatoms. The number of hydrogen-bond donors (Lipinski definition) is 0. The van der Waals surface area contributed by atoms with Crippen LogP contribution in [0.4, 0.5) is 11.4 Å². The third-order valence-electron chi connectivity index (χ3n) is 5.90. The molecule has 0 bridgehead atoms. The largest absolute Gasteiger partial charge is 0.317 e. The molecule has 0 N–H and O–H groups in total. The highest BCUT2D eigenvalue weighted by Gasteiger charge is 2.11. The molecule has 168 valence electrons. The molecule has 0 radical (unpaired) electrons. The van der Waals surface area contributed by atoms with Gasteiger partial charge in [-0.2, -0.15) is 0 Å². The van der Waals surface area contributed by atoms with Crippen LogP contribution in [0, 0.1) is 0 Å². The molecule has 0 amide bonds. The molecule has 5 aromatic rings. The van der Waals surface area contributed by atoms with Gasteiger partial charge in [0.15, 0.2) is 0 Å². The van der Waals surface area contributed by atoms with Gasteiger partial charge in [0.05, 0.1) is 0 Å². The zero-order valence-corrected chi connectivity index (χ0v) is 19.5. The van der Waals surface area contributed by atoms with Crippen LogP contribution in [0.2, 0.25) is 0 Å². The van der Waals surface area contributed by atoms with E-state index in [1.807, 2.05) is 6.07 Å². The minimum absolute atomic E-state index is 1.11. The van der Waals surface area contributed by atoms with Gasteiger partial charge in [-0.3, -0.25) is 0 Å². The fraction of sp³-hybridized carbons (Fsp3) is 0. The van der Waals surface area contributed by atoms with Gasteiger partial charge in [0.2, 0.25) is 0 Å². The second kappa shape index (κ2) is 11.0. The molecule has 0 unspecified atom stereocenters. The summed E-state index contributed by atoms with van der Waals surface area (Å²) in [5.74, 6) is 0. The van der Waals surface area contributed by atoms with Gasteiger partial charge in [-0.25, -0.2) is 0 Å². The van der Waals surface area contributed by atoms with E-state index in [0.29, 0.717) is 0 Å². The highest BCUT2D eigenvalue weighted by atomic mass is 15.1. The Morgan fingerprint density at radius 2 is 0.800 bits per heavy atom. The summed E-state index contributed by atoms with van der Waals surface area (Å²) in [7, 11) is 0. The Labute approximate surface area is 208 Å². The van der Waals surface area contributed by atoms with E-state index in [0.717, 1.165) is 11.4 Å². The Bertz CT molecular complexity index is 1340. The van der Waals surface area contributed by atoms with Crippen LogP contribution >= 0.6 is 0 Å². The summed E-state index contributed by atoms with van der Waals surface area (Å²) in [6.45, 7) is 0. The van der Waals surface area contributed by atoms with Crippen molar-refractivity contribution in [3.8, 4) is 0 Å². The van der Waals surface area contributed by atoms with Gasteiger partial charge in [-0.05, 0) is 46.5 Å². The van der Waals surface area contributed by atoms with Gasteiger partial charge >= 0.3 is 0 Å². The third-order valence-corrected chi connectivity index (χ3v) is 5.90. The number of hydrogen-bond acceptors (Lipinski definition) is 1. The van der Waals surface area contributed by atoms with E-state index in [4.69, 9.17) is 0 Å². The van der Waals surface area contributed by atoms with Gasteiger partial charge in [0.1, 0.15) is 0 Å². The average Bonchev–Trinajstić information content (AvgIpc) is 2.95. The van der Waals surface area contributed by atoms with Crippen molar-refractivity contribution >= 4 is 29.1 Å². The molecule has 0 aromatic heterocycles. The standard InChI is InChI=1S/C34H27N/c1-5-13-28(14-6-1)21-22-29-23-25-33(26-24-29)35(32-19-11-4-12-20-32)27-34(30-15-7-2-8-16-30)31-17-9-3-10-18-31/h1-27H/b22-21+. The van der Waals surface area contributed by atoms with Crippen LogP contribution < -0.4 is 4.90 Å². The maximum Gasteiger partial charge on any atom is 0.0456 e. The Balaban J connectivity index is 1.55. The van der Waals surface area contributed by atoms with Crippen molar-refractivity contribution in [2.24, 2.45) is 0 Å². The van der Waals surface area contributed by atoms with Crippen molar-refractivity contribution < 1.29 is 0 Å². The van der Waals surface area contributed by atoms with E-state index in [2.05, 4.69) is 163 Å². The highest BCUT2D eigenvalue weighted by Crippen LogP contribution is 2.31. The SMILES string of the molecule is C(=C(c1ccccc1)c1ccccc1)N(c1ccccc1)c1ccc(/C=C/c2ccccc2)cc1. The van der Waals surface area contributed by atoms with Gasteiger partial charge in [-0.1, -0.05) is 133 Å². The van der Waals surface area contributed by atoms with Crippen molar-refractivity contribution in [3.05, 3.63) is 174 Å². The molecule has 0 saturated carbocycles. The third kappa shape index (κ3) is 5.66. The van der Waals surface area contributed by atoms with Crippen molar-refractivity contribution in [3.63, 3.8) is 0 Å². The molecule has 0 aliphatic carbocycles. The van der Waals surface area contributed by atoms with E-state index in [1.165, 1.54) is 27.8 Å². The minimum Gasteiger partial charge on any atom is -0.317 e. The first-order valence-electron chi connectivity index (χ1n) is 11.9. The van der Waals surface area contributed by atoms with Crippen LogP contribution in [0.25, 0.3) is 17.7 Å². The summed E-state index contributed by atoms with van der Waals surface area (Å²) < 4.78 is 0. The van der Waals surface area contributed by atoms with E-state index in [1.54, 1.807) is 0 Å². The van der Waals surface area contributed by atoms with Crippen LogP contribution in [-0.4, -0.2) is 0 Å². The Morgan fingerprint density at radius 1 is 0.400 bits per heavy atom. The average molecular weight is 450 g/mol. The molecular formula is C34H27N. The molecule has 5 rings (SSSR count). The van der Waals surface area contributed by atoms with Crippen LogP contribution in [0.15, 0.2) is 152 Å². The summed E-state index contributed by atoms with van der Waals surface area (Å²) in [6, 6.07) is 50.7. The molecule has 0 spiro atoms. The zero-order valence-electron chi connectivity index (χ0n) is 19.5. The summed E-state index contributed by atoms with van der Waals surface area (Å²) in [6.07, 6.45) is 6.54. The lowest BCUT2D eigenvalue weighted by atomic mass is 9.98. The molecule has 0 atom stereocenters. The monoisotopic (exact) mass is 449 g/mol. The summed E-state index contributed by atoms with van der Waals surface area (Å²) in [5.41, 5.74) is 8.12. The molecule has 0 aliphatic heterocycles. The smallest absolute Gasteiger partial charge is 0.0456 e. The number of benzene rings is 5. The van der Waals surface area contributed by atoms with Crippen molar-refractivity contribution in [1.29, 1.82) is 0 Å². The van der Waals surface area contributed by atoms with E-state index in [9.17, 15) is 0 Å². The topological polar surface area (TPSA) is 3.24 Å². The molecule has 0 saturated heterocycles. The molecule has 1 nitrogen and oxygen atoms in total. The molecule has 5 aromatic carbocycles. The summed E-state index contributed by atoms with van der Waals surface area (Å²) in [5, 5.41) is 0. The molecule has 0 fully saturated rings. The lowest BCUT2D eigenvalue weighted by Gasteiger charge is -2.23. The lowest BCUT2D eigenvalue weighted by Crippen LogP contribution is -2.10. The Hall–Kier alpha value is -4.62. The van der Waals surface area contributed by atoms with E-state index in [-0.39, 0.29) is 0 Å². The van der Waals surface area contributed by atoms with Crippen LogP contribution in [0.3, 0.4) is 0 Å². The Kier molecular flexibility index (Phi) is 6.97. The summed E-state index contributed by atoms with van der Waals surface area (Å²) >= 11 is 0. The van der Waals surface area contributed by atoms with Gasteiger partial charge in [0, 0.05) is 23.1 Å². The molecule has 35 heavy (non-hydrogen) atoms. The van der Waals surface area contributed by atoms with Crippen molar-refractivity contribution in [2.45, 2.75) is 0 Å². The fourth-order valence-corrected chi connectivity index (χ4v) is 4.07. The normalized spacial score (nSPS) is 10.7. The second-order valence-electron chi connectivity index (χ2n) is 8.32. The maximum atomic E-state index is 2.26. The van der Waals surface area contributed by atoms with Gasteiger partial charge < -0.3 is 4.90 Å². The lowest BCUT2D eigenvalue weighted by molar-refractivity contribution is 1.28. The number of anilines is 2. The molecule has 0 heterocycles. The van der Waals surface area contributed by atoms with Gasteiger partial charge in [0.25, 0.3) is 0 Å². The van der Waals surface area contributed by atoms with Crippen LogP contribution in [0.5, 0.6) is 0 Å². The van der Waals surface area contributed by atoms with Crippen LogP contribution in [-0.2, 0) is 0 Å². The highest BCUT2D eigenvalue weighted by molar-refractivity contribution is 5.84. The van der Waals surface area contributed by atoms with Crippen LogP contribution in [0.1, 0.15) is 22.3 Å². The van der Waals surface area contributed by atoms with Crippen molar-refractivity contribution in [2.75, 3.05) is 4.90 Å². The summed E-state index contributed by atoms with van der Waals surface area (Å²) in [4.78, 5) is 2.26. The molecular weight excluding hydrogens is 422 g/mol. The molecule has 0 aliphatic rings. The van der Waals surface area contributed by atoms with E-state index >= 15 is 0 Å². The maximum absolute atomic E-state index is 2.26. The first-order valence-corrected chi connectivity index (χ1v) is 11.9. The minimum atomic E-state index is 1.11. The quantitative estimate of drug-likeness (QED) is 0.224. The number of nitrogens with zero attached hydrogens (tertiary/aromatic N) is 1. The number of rotatable bonds is 7. The van der Waals surface area contributed by atoms with Gasteiger partial charge in [-0.15, -0.1) is 0 Å².